The minimum atomic E-state index is 0.854. The summed E-state index contributed by atoms with van der Waals surface area (Å²) in [5.41, 5.74) is 5.36. The largest absolute Gasteiger partial charge is 0.341 e. The quantitative estimate of drug-likeness (QED) is 0.706. The van der Waals surface area contributed by atoms with Crippen LogP contribution in [0.1, 0.15) is 18.1 Å². The molecule has 0 radical (unpaired) electrons. The molecular formula is C17H17N. The standard InChI is InChI=1S/C17H17N/c1-5-15-11-12-17(18(6-2)14(15)4)16-9-7-13(3)8-10-16/h1,7-12H,4,6H2,2-3H3. The highest BCUT2D eigenvalue weighted by atomic mass is 15.1. The van der Waals surface area contributed by atoms with Crippen molar-refractivity contribution < 1.29 is 0 Å². The van der Waals surface area contributed by atoms with Crippen LogP contribution in [-0.2, 0) is 0 Å². The summed E-state index contributed by atoms with van der Waals surface area (Å²) in [6, 6.07) is 8.50. The molecule has 0 fully saturated rings. The number of allylic oxidation sites excluding steroid dienone is 3. The van der Waals surface area contributed by atoms with Crippen molar-refractivity contribution in [1.82, 2.24) is 4.90 Å². The molecule has 0 spiro atoms. The Balaban J connectivity index is 2.46. The van der Waals surface area contributed by atoms with Gasteiger partial charge < -0.3 is 4.90 Å². The van der Waals surface area contributed by atoms with Crippen molar-refractivity contribution in [3.8, 4) is 12.3 Å². The second kappa shape index (κ2) is 4.98. The van der Waals surface area contributed by atoms with Crippen LogP contribution in [0, 0.1) is 19.3 Å². The average molecular weight is 235 g/mol. The number of aryl methyl sites for hydroxylation is 1. The third kappa shape index (κ3) is 2.10. The van der Waals surface area contributed by atoms with Gasteiger partial charge in [0.1, 0.15) is 0 Å². The van der Waals surface area contributed by atoms with Gasteiger partial charge in [-0.1, -0.05) is 42.3 Å². The van der Waals surface area contributed by atoms with Gasteiger partial charge in [0.25, 0.3) is 0 Å². The third-order valence-electron chi connectivity index (χ3n) is 3.15. The lowest BCUT2D eigenvalue weighted by molar-refractivity contribution is 0.526. The smallest absolute Gasteiger partial charge is 0.0496 e. The van der Waals surface area contributed by atoms with Crippen molar-refractivity contribution in [2.45, 2.75) is 13.8 Å². The first-order valence-electron chi connectivity index (χ1n) is 6.09. The van der Waals surface area contributed by atoms with Gasteiger partial charge in [0.2, 0.25) is 0 Å². The lowest BCUT2D eigenvalue weighted by Crippen LogP contribution is -2.23. The summed E-state index contributed by atoms with van der Waals surface area (Å²) in [5.74, 6) is 2.67. The first-order valence-corrected chi connectivity index (χ1v) is 6.09. The Hall–Kier alpha value is -2.20. The van der Waals surface area contributed by atoms with Crippen molar-refractivity contribution in [1.29, 1.82) is 0 Å². The van der Waals surface area contributed by atoms with Gasteiger partial charge in [-0.3, -0.25) is 0 Å². The van der Waals surface area contributed by atoms with Gasteiger partial charge in [0.15, 0.2) is 0 Å². The van der Waals surface area contributed by atoms with Gasteiger partial charge in [-0.2, -0.15) is 0 Å². The molecule has 1 heterocycles. The first-order chi connectivity index (χ1) is 8.67. The number of hydrogen-bond acceptors (Lipinski definition) is 1. The van der Waals surface area contributed by atoms with Crippen molar-refractivity contribution in [2.24, 2.45) is 0 Å². The fourth-order valence-corrected chi connectivity index (χ4v) is 2.11. The van der Waals surface area contributed by atoms with E-state index >= 15 is 0 Å². The van der Waals surface area contributed by atoms with E-state index in [1.54, 1.807) is 0 Å². The lowest BCUT2D eigenvalue weighted by atomic mass is 10.0. The van der Waals surface area contributed by atoms with Crippen LogP contribution in [0.5, 0.6) is 0 Å². The van der Waals surface area contributed by atoms with Crippen LogP contribution in [-0.4, -0.2) is 11.4 Å². The Kier molecular flexibility index (Phi) is 3.39. The van der Waals surface area contributed by atoms with E-state index in [4.69, 9.17) is 6.42 Å². The van der Waals surface area contributed by atoms with Crippen LogP contribution >= 0.6 is 0 Å². The second-order valence-corrected chi connectivity index (χ2v) is 4.33. The molecule has 1 aliphatic rings. The molecule has 2 rings (SSSR count). The molecule has 1 heteroatoms. The average Bonchev–Trinajstić information content (AvgIpc) is 2.39. The molecule has 0 atom stereocenters. The van der Waals surface area contributed by atoms with E-state index in [-0.39, 0.29) is 0 Å². The molecule has 0 N–H and O–H groups in total. The fraction of sp³-hybridized carbons (Fsp3) is 0.176. The summed E-state index contributed by atoms with van der Waals surface area (Å²) in [4.78, 5) is 2.15. The number of likely N-dealkylation sites (N-methyl/N-ethyl adjacent to an activating group) is 1. The molecule has 0 saturated carbocycles. The maximum Gasteiger partial charge on any atom is 0.0496 e. The molecule has 0 unspecified atom stereocenters. The summed E-state index contributed by atoms with van der Waals surface area (Å²) in [7, 11) is 0. The van der Waals surface area contributed by atoms with Crippen molar-refractivity contribution in [2.75, 3.05) is 6.54 Å². The first kappa shape index (κ1) is 12.3. The van der Waals surface area contributed by atoms with Crippen molar-refractivity contribution >= 4 is 5.70 Å². The van der Waals surface area contributed by atoms with E-state index in [9.17, 15) is 0 Å². The fourth-order valence-electron chi connectivity index (χ4n) is 2.11. The Morgan fingerprint density at radius 3 is 2.44 bits per heavy atom. The molecule has 0 bridgehead atoms. The Labute approximate surface area is 109 Å². The third-order valence-corrected chi connectivity index (χ3v) is 3.15. The summed E-state index contributed by atoms with van der Waals surface area (Å²) < 4.78 is 0. The van der Waals surface area contributed by atoms with Crippen LogP contribution < -0.4 is 0 Å². The van der Waals surface area contributed by atoms with Gasteiger partial charge in [0, 0.05) is 23.5 Å². The maximum absolute atomic E-state index is 5.48. The van der Waals surface area contributed by atoms with E-state index < -0.39 is 0 Å². The summed E-state index contributed by atoms with van der Waals surface area (Å²) >= 11 is 0. The van der Waals surface area contributed by atoms with Crippen molar-refractivity contribution in [3.05, 3.63) is 65.4 Å². The van der Waals surface area contributed by atoms with E-state index in [2.05, 4.69) is 61.6 Å². The minimum absolute atomic E-state index is 0.854. The SMILES string of the molecule is C#CC1=CC=C(c2ccc(C)cc2)N(CC)C1=C. The minimum Gasteiger partial charge on any atom is -0.341 e. The van der Waals surface area contributed by atoms with E-state index in [1.807, 2.05) is 6.08 Å². The number of benzene rings is 1. The van der Waals surface area contributed by atoms with E-state index in [1.165, 1.54) is 11.1 Å². The predicted octanol–water partition coefficient (Wildman–Crippen LogP) is 3.74. The van der Waals surface area contributed by atoms with E-state index in [0.29, 0.717) is 0 Å². The zero-order valence-electron chi connectivity index (χ0n) is 10.9. The lowest BCUT2D eigenvalue weighted by Gasteiger charge is -2.30. The number of hydrogen-bond donors (Lipinski definition) is 0. The van der Waals surface area contributed by atoms with Gasteiger partial charge in [-0.05, 0) is 31.6 Å². The summed E-state index contributed by atoms with van der Waals surface area (Å²) in [5, 5.41) is 0. The van der Waals surface area contributed by atoms with Gasteiger partial charge in [0.05, 0.1) is 0 Å². The molecule has 18 heavy (non-hydrogen) atoms. The zero-order valence-corrected chi connectivity index (χ0v) is 10.9. The van der Waals surface area contributed by atoms with Crippen LogP contribution in [0.15, 0.2) is 54.3 Å². The van der Waals surface area contributed by atoms with Gasteiger partial charge >= 0.3 is 0 Å². The molecule has 1 aromatic rings. The molecular weight excluding hydrogens is 218 g/mol. The van der Waals surface area contributed by atoms with E-state index in [0.717, 1.165) is 23.5 Å². The molecule has 1 aliphatic heterocycles. The Morgan fingerprint density at radius 2 is 1.89 bits per heavy atom. The Bertz CT molecular complexity index is 565. The second-order valence-electron chi connectivity index (χ2n) is 4.33. The number of rotatable bonds is 2. The molecule has 1 nitrogen and oxygen atoms in total. The predicted molar refractivity (Wildman–Crippen MR) is 77.6 cm³/mol. The van der Waals surface area contributed by atoms with Crippen LogP contribution in [0.4, 0.5) is 0 Å². The molecule has 0 aliphatic carbocycles. The number of terminal acetylenes is 1. The maximum atomic E-state index is 5.48. The van der Waals surface area contributed by atoms with Crippen LogP contribution in [0.3, 0.4) is 0 Å². The van der Waals surface area contributed by atoms with Gasteiger partial charge in [-0.15, -0.1) is 6.42 Å². The normalized spacial score (nSPS) is 14.9. The highest BCUT2D eigenvalue weighted by Crippen LogP contribution is 2.30. The molecule has 0 amide bonds. The molecule has 0 aromatic heterocycles. The van der Waals surface area contributed by atoms with Crippen LogP contribution in [0.25, 0.3) is 5.70 Å². The summed E-state index contributed by atoms with van der Waals surface area (Å²) in [6.45, 7) is 9.14. The summed E-state index contributed by atoms with van der Waals surface area (Å²) in [6.07, 6.45) is 9.51. The highest BCUT2D eigenvalue weighted by Gasteiger charge is 2.18. The molecule has 90 valence electrons. The van der Waals surface area contributed by atoms with Crippen molar-refractivity contribution in [3.63, 3.8) is 0 Å². The zero-order chi connectivity index (χ0) is 13.1. The number of nitrogens with zero attached hydrogens (tertiary/aromatic N) is 1. The van der Waals surface area contributed by atoms with Crippen LogP contribution in [0.2, 0.25) is 0 Å². The van der Waals surface area contributed by atoms with Gasteiger partial charge in [-0.25, -0.2) is 0 Å². The molecule has 0 saturated heterocycles. The Morgan fingerprint density at radius 1 is 1.22 bits per heavy atom. The highest BCUT2D eigenvalue weighted by molar-refractivity contribution is 5.72. The molecule has 1 aromatic carbocycles. The topological polar surface area (TPSA) is 3.24 Å². The monoisotopic (exact) mass is 235 g/mol.